The van der Waals surface area contributed by atoms with Crippen molar-refractivity contribution >= 4 is 11.6 Å². The van der Waals surface area contributed by atoms with Crippen LogP contribution in [0.1, 0.15) is 12.1 Å². The van der Waals surface area contributed by atoms with Crippen molar-refractivity contribution in [1.82, 2.24) is 20.0 Å². The van der Waals surface area contributed by atoms with Crippen LogP contribution >= 0.6 is 0 Å². The number of nitrogens with zero attached hydrogens (tertiary/aromatic N) is 2. The smallest absolute Gasteiger partial charge is 0.221 e. The Bertz CT molecular complexity index is 473. The van der Waals surface area contributed by atoms with Crippen molar-refractivity contribution in [3.63, 3.8) is 0 Å². The van der Waals surface area contributed by atoms with E-state index in [1.807, 2.05) is 42.0 Å². The van der Waals surface area contributed by atoms with Crippen molar-refractivity contribution in [3.8, 4) is 0 Å². The minimum absolute atomic E-state index is 0.0383. The summed E-state index contributed by atoms with van der Waals surface area (Å²) < 4.78 is 1.94. The molecule has 2 N–H and O–H groups in total. The van der Waals surface area contributed by atoms with Gasteiger partial charge in [-0.15, -0.1) is 0 Å². The molecule has 0 bridgehead atoms. The number of pyridine rings is 1. The van der Waals surface area contributed by atoms with Gasteiger partial charge in [0.05, 0.1) is 12.2 Å². The van der Waals surface area contributed by atoms with Crippen LogP contribution in [0.25, 0.3) is 5.65 Å². The number of aromatic nitrogens is 2. The summed E-state index contributed by atoms with van der Waals surface area (Å²) in [7, 11) is 1.83. The van der Waals surface area contributed by atoms with E-state index in [1.54, 1.807) is 0 Å². The zero-order valence-corrected chi connectivity index (χ0v) is 9.81. The molecular weight excluding hydrogens is 216 g/mol. The van der Waals surface area contributed by atoms with Crippen LogP contribution in [0.15, 0.2) is 30.6 Å². The molecule has 0 fully saturated rings. The van der Waals surface area contributed by atoms with Crippen LogP contribution in [-0.2, 0) is 11.3 Å². The summed E-state index contributed by atoms with van der Waals surface area (Å²) in [5, 5.41) is 5.78. The van der Waals surface area contributed by atoms with Crippen molar-refractivity contribution < 1.29 is 4.79 Å². The lowest BCUT2D eigenvalue weighted by molar-refractivity contribution is -0.121. The molecule has 2 aromatic heterocycles. The molecule has 0 aromatic carbocycles. The Morgan fingerprint density at radius 2 is 2.35 bits per heavy atom. The van der Waals surface area contributed by atoms with Gasteiger partial charge in [0.25, 0.3) is 0 Å². The average Bonchev–Trinajstić information content (AvgIpc) is 2.76. The lowest BCUT2D eigenvalue weighted by atomic mass is 10.4. The number of carbonyl (C=O) groups is 1. The molecule has 0 unspecified atom stereocenters. The zero-order chi connectivity index (χ0) is 12.1. The fraction of sp³-hybridized carbons (Fsp3) is 0.333. The Balaban J connectivity index is 1.92. The molecule has 0 radical (unpaired) electrons. The van der Waals surface area contributed by atoms with E-state index in [1.165, 1.54) is 0 Å². The maximum Gasteiger partial charge on any atom is 0.221 e. The van der Waals surface area contributed by atoms with Crippen LogP contribution in [0.2, 0.25) is 0 Å². The molecule has 0 aliphatic carbocycles. The minimum Gasteiger partial charge on any atom is -0.350 e. The molecule has 0 saturated carbocycles. The van der Waals surface area contributed by atoms with Crippen molar-refractivity contribution in [3.05, 3.63) is 36.3 Å². The predicted octanol–water partition coefficient (Wildman–Crippen LogP) is 0.560. The molecule has 1 amide bonds. The molecule has 5 heteroatoms. The first-order valence-electron chi connectivity index (χ1n) is 5.63. The molecule has 0 spiro atoms. The van der Waals surface area contributed by atoms with E-state index in [9.17, 15) is 4.79 Å². The van der Waals surface area contributed by atoms with E-state index in [0.717, 1.165) is 11.3 Å². The number of imidazole rings is 1. The van der Waals surface area contributed by atoms with Crippen LogP contribution in [0.5, 0.6) is 0 Å². The Kier molecular flexibility index (Phi) is 3.72. The normalized spacial score (nSPS) is 10.6. The van der Waals surface area contributed by atoms with Gasteiger partial charge < -0.3 is 15.0 Å². The third kappa shape index (κ3) is 3.04. The molecular formula is C12H16N4O. The lowest BCUT2D eigenvalue weighted by Gasteiger charge is -2.01. The molecule has 17 heavy (non-hydrogen) atoms. The van der Waals surface area contributed by atoms with E-state index in [4.69, 9.17) is 0 Å². The third-order valence-electron chi connectivity index (χ3n) is 2.48. The molecule has 2 heterocycles. The van der Waals surface area contributed by atoms with Gasteiger partial charge in [0, 0.05) is 25.4 Å². The van der Waals surface area contributed by atoms with E-state index >= 15 is 0 Å². The van der Waals surface area contributed by atoms with Gasteiger partial charge in [-0.05, 0) is 19.2 Å². The van der Waals surface area contributed by atoms with Crippen molar-refractivity contribution in [2.75, 3.05) is 13.6 Å². The SMILES string of the molecule is CNCCC(=O)NCc1cn2ccccc2n1. The Morgan fingerprint density at radius 3 is 3.12 bits per heavy atom. The van der Waals surface area contributed by atoms with Gasteiger partial charge in [-0.1, -0.05) is 6.07 Å². The molecule has 0 aliphatic rings. The van der Waals surface area contributed by atoms with Gasteiger partial charge in [-0.25, -0.2) is 4.98 Å². The van der Waals surface area contributed by atoms with Gasteiger partial charge in [-0.2, -0.15) is 0 Å². The topological polar surface area (TPSA) is 58.4 Å². The van der Waals surface area contributed by atoms with Gasteiger partial charge >= 0.3 is 0 Å². The highest BCUT2D eigenvalue weighted by Gasteiger charge is 2.03. The molecule has 90 valence electrons. The second kappa shape index (κ2) is 5.45. The van der Waals surface area contributed by atoms with Crippen LogP contribution in [-0.4, -0.2) is 28.9 Å². The first kappa shape index (κ1) is 11.6. The van der Waals surface area contributed by atoms with Gasteiger partial charge in [0.2, 0.25) is 5.91 Å². The first-order chi connectivity index (χ1) is 8.29. The number of amides is 1. The van der Waals surface area contributed by atoms with Gasteiger partial charge in [-0.3, -0.25) is 4.79 Å². The van der Waals surface area contributed by atoms with Crippen molar-refractivity contribution in [2.24, 2.45) is 0 Å². The average molecular weight is 232 g/mol. The summed E-state index contributed by atoms with van der Waals surface area (Å²) >= 11 is 0. The highest BCUT2D eigenvalue weighted by molar-refractivity contribution is 5.76. The Labute approximate surface area is 99.9 Å². The first-order valence-corrected chi connectivity index (χ1v) is 5.63. The Hall–Kier alpha value is -1.88. The highest BCUT2D eigenvalue weighted by Crippen LogP contribution is 2.03. The summed E-state index contributed by atoms with van der Waals surface area (Å²) in [6, 6.07) is 5.83. The number of hydrogen-bond donors (Lipinski definition) is 2. The molecule has 5 nitrogen and oxygen atoms in total. The van der Waals surface area contributed by atoms with Crippen LogP contribution in [0.4, 0.5) is 0 Å². The molecule has 0 saturated heterocycles. The number of carbonyl (C=O) groups excluding carboxylic acids is 1. The summed E-state index contributed by atoms with van der Waals surface area (Å²) in [4.78, 5) is 15.8. The summed E-state index contributed by atoms with van der Waals surface area (Å²) in [5.41, 5.74) is 1.76. The highest BCUT2D eigenvalue weighted by atomic mass is 16.1. The van der Waals surface area contributed by atoms with Crippen LogP contribution < -0.4 is 10.6 Å². The number of rotatable bonds is 5. The fourth-order valence-corrected chi connectivity index (χ4v) is 1.59. The molecule has 2 rings (SSSR count). The maximum atomic E-state index is 11.4. The minimum atomic E-state index is 0.0383. The number of hydrogen-bond acceptors (Lipinski definition) is 3. The number of fused-ring (bicyclic) bond motifs is 1. The van der Waals surface area contributed by atoms with E-state index < -0.39 is 0 Å². The lowest BCUT2D eigenvalue weighted by Crippen LogP contribution is -2.26. The van der Waals surface area contributed by atoms with E-state index in [-0.39, 0.29) is 5.91 Å². The van der Waals surface area contributed by atoms with Gasteiger partial charge in [0.1, 0.15) is 5.65 Å². The van der Waals surface area contributed by atoms with Crippen LogP contribution in [0.3, 0.4) is 0 Å². The molecule has 0 aliphatic heterocycles. The number of nitrogens with one attached hydrogen (secondary N) is 2. The standard InChI is InChI=1S/C12H16N4O/c1-13-6-5-12(17)14-8-10-9-16-7-3-2-4-11(16)15-10/h2-4,7,9,13H,5-6,8H2,1H3,(H,14,17). The molecule has 2 aromatic rings. The van der Waals surface area contributed by atoms with Crippen molar-refractivity contribution in [2.45, 2.75) is 13.0 Å². The van der Waals surface area contributed by atoms with Crippen molar-refractivity contribution in [1.29, 1.82) is 0 Å². The van der Waals surface area contributed by atoms with Crippen LogP contribution in [0, 0.1) is 0 Å². The second-order valence-corrected chi connectivity index (χ2v) is 3.83. The summed E-state index contributed by atoms with van der Waals surface area (Å²) in [6.45, 7) is 1.17. The summed E-state index contributed by atoms with van der Waals surface area (Å²) in [6.07, 6.45) is 4.35. The second-order valence-electron chi connectivity index (χ2n) is 3.83. The quantitative estimate of drug-likeness (QED) is 0.792. The molecule has 0 atom stereocenters. The fourth-order valence-electron chi connectivity index (χ4n) is 1.59. The maximum absolute atomic E-state index is 11.4. The van der Waals surface area contributed by atoms with E-state index in [2.05, 4.69) is 15.6 Å². The monoisotopic (exact) mass is 232 g/mol. The predicted molar refractivity (Wildman–Crippen MR) is 65.6 cm³/mol. The van der Waals surface area contributed by atoms with Gasteiger partial charge in [0.15, 0.2) is 0 Å². The largest absolute Gasteiger partial charge is 0.350 e. The van der Waals surface area contributed by atoms with E-state index in [0.29, 0.717) is 19.5 Å². The summed E-state index contributed by atoms with van der Waals surface area (Å²) in [5.74, 6) is 0.0383. The zero-order valence-electron chi connectivity index (χ0n) is 9.81. The third-order valence-corrected chi connectivity index (χ3v) is 2.48. The Morgan fingerprint density at radius 1 is 1.47 bits per heavy atom.